The average Bonchev–Trinajstić information content (AvgIpc) is 2.68. The lowest BCUT2D eigenvalue weighted by Gasteiger charge is -2.06. The van der Waals surface area contributed by atoms with E-state index in [0.29, 0.717) is 0 Å². The minimum atomic E-state index is -3.07. The number of hydrogen-bond acceptors (Lipinski definition) is 2. The zero-order chi connectivity index (χ0) is 10.8. The molecule has 3 aliphatic rings. The van der Waals surface area contributed by atoms with E-state index < -0.39 is 9.84 Å². The summed E-state index contributed by atoms with van der Waals surface area (Å²) in [5, 5.41) is 2.86. The number of rotatable bonds is 0. The van der Waals surface area contributed by atoms with E-state index in [-0.39, 0.29) is 11.8 Å². The minimum absolute atomic E-state index is 0.225. The van der Waals surface area contributed by atoms with Crippen molar-refractivity contribution >= 4 is 9.84 Å². The third-order valence-corrected chi connectivity index (χ3v) is 4.49. The Bertz CT molecular complexity index is 529. The summed E-state index contributed by atoms with van der Waals surface area (Å²) in [4.78, 5) is 0. The van der Waals surface area contributed by atoms with Gasteiger partial charge in [-0.2, -0.15) is 0 Å². The Labute approximate surface area is 89.6 Å². The molecule has 78 valence electrons. The summed E-state index contributed by atoms with van der Waals surface area (Å²) in [5.41, 5.74) is 4.68. The summed E-state index contributed by atoms with van der Waals surface area (Å²) in [7, 11) is -3.07. The third-order valence-electron chi connectivity index (χ3n) is 3.33. The van der Waals surface area contributed by atoms with E-state index in [1.807, 2.05) is 0 Å². The van der Waals surface area contributed by atoms with Crippen LogP contribution in [0.2, 0.25) is 0 Å². The maximum atomic E-state index is 11.4. The Morgan fingerprint density at radius 1 is 1.07 bits per heavy atom. The SMILES string of the molecule is CC(C)=C1C2C=CC1C1=CS(=O)(=O)C=C12. The molecule has 15 heavy (non-hydrogen) atoms. The summed E-state index contributed by atoms with van der Waals surface area (Å²) in [6.07, 6.45) is 4.24. The summed E-state index contributed by atoms with van der Waals surface area (Å²) >= 11 is 0. The van der Waals surface area contributed by atoms with Gasteiger partial charge in [0.1, 0.15) is 0 Å². The van der Waals surface area contributed by atoms with Crippen molar-refractivity contribution in [2.75, 3.05) is 0 Å². The highest BCUT2D eigenvalue weighted by Gasteiger charge is 2.44. The van der Waals surface area contributed by atoms with Gasteiger partial charge in [-0.25, -0.2) is 8.42 Å². The van der Waals surface area contributed by atoms with Crippen LogP contribution in [-0.2, 0) is 9.84 Å². The highest BCUT2D eigenvalue weighted by Crippen LogP contribution is 2.54. The normalized spacial score (nSPS) is 34.1. The van der Waals surface area contributed by atoms with Crippen molar-refractivity contribution in [1.29, 1.82) is 0 Å². The molecule has 2 nitrogen and oxygen atoms in total. The van der Waals surface area contributed by atoms with E-state index >= 15 is 0 Å². The van der Waals surface area contributed by atoms with Gasteiger partial charge in [0.2, 0.25) is 0 Å². The summed E-state index contributed by atoms with van der Waals surface area (Å²) in [5.74, 6) is 0.451. The maximum absolute atomic E-state index is 11.4. The number of allylic oxidation sites excluding steroid dienone is 6. The maximum Gasteiger partial charge on any atom is 0.193 e. The van der Waals surface area contributed by atoms with Gasteiger partial charge < -0.3 is 0 Å². The molecule has 3 heteroatoms. The summed E-state index contributed by atoms with van der Waals surface area (Å²) in [6, 6.07) is 0. The highest BCUT2D eigenvalue weighted by atomic mass is 32.2. The van der Waals surface area contributed by atoms with E-state index in [0.717, 1.165) is 11.1 Å². The van der Waals surface area contributed by atoms with Crippen LogP contribution in [0.25, 0.3) is 0 Å². The Hall–Kier alpha value is -1.09. The van der Waals surface area contributed by atoms with Gasteiger partial charge in [0.15, 0.2) is 9.84 Å². The first-order valence-corrected chi connectivity index (χ1v) is 6.65. The van der Waals surface area contributed by atoms with Crippen molar-refractivity contribution < 1.29 is 8.42 Å². The van der Waals surface area contributed by atoms with Crippen LogP contribution in [0, 0.1) is 11.8 Å². The molecule has 2 atom stereocenters. The third kappa shape index (κ3) is 1.07. The van der Waals surface area contributed by atoms with Gasteiger partial charge in [0.25, 0.3) is 0 Å². The van der Waals surface area contributed by atoms with Crippen molar-refractivity contribution in [3.05, 3.63) is 45.3 Å². The van der Waals surface area contributed by atoms with Crippen LogP contribution in [0.4, 0.5) is 0 Å². The topological polar surface area (TPSA) is 34.1 Å². The predicted molar refractivity (Wildman–Crippen MR) is 59.6 cm³/mol. The van der Waals surface area contributed by atoms with E-state index in [9.17, 15) is 8.42 Å². The van der Waals surface area contributed by atoms with Crippen LogP contribution in [-0.4, -0.2) is 8.42 Å². The second-order valence-electron chi connectivity index (χ2n) is 4.53. The molecule has 0 aromatic heterocycles. The van der Waals surface area contributed by atoms with E-state index in [1.165, 1.54) is 22.0 Å². The zero-order valence-electron chi connectivity index (χ0n) is 8.69. The van der Waals surface area contributed by atoms with Gasteiger partial charge in [-0.3, -0.25) is 0 Å². The molecule has 2 bridgehead atoms. The first-order valence-electron chi connectivity index (χ1n) is 5.04. The molecule has 0 aromatic rings. The van der Waals surface area contributed by atoms with E-state index in [2.05, 4.69) is 26.0 Å². The van der Waals surface area contributed by atoms with Crippen LogP contribution >= 0.6 is 0 Å². The molecular weight excluding hydrogens is 208 g/mol. The molecule has 1 aliphatic heterocycles. The molecule has 2 unspecified atom stereocenters. The number of sulfone groups is 1. The summed E-state index contributed by atoms with van der Waals surface area (Å²) < 4.78 is 22.9. The molecule has 0 saturated heterocycles. The van der Waals surface area contributed by atoms with Crippen LogP contribution in [0.3, 0.4) is 0 Å². The largest absolute Gasteiger partial charge is 0.220 e. The first kappa shape index (κ1) is 9.16. The lowest BCUT2D eigenvalue weighted by atomic mass is 9.98. The van der Waals surface area contributed by atoms with Crippen molar-refractivity contribution in [3.8, 4) is 0 Å². The van der Waals surface area contributed by atoms with Crippen molar-refractivity contribution in [2.45, 2.75) is 13.8 Å². The van der Waals surface area contributed by atoms with E-state index in [1.54, 1.807) is 0 Å². The lowest BCUT2D eigenvalue weighted by molar-refractivity contribution is 0.612. The molecule has 0 aromatic carbocycles. The zero-order valence-corrected chi connectivity index (χ0v) is 9.51. The fourth-order valence-corrected chi connectivity index (χ4v) is 4.16. The van der Waals surface area contributed by atoms with Crippen LogP contribution < -0.4 is 0 Å². The van der Waals surface area contributed by atoms with Crippen LogP contribution in [0.1, 0.15) is 13.8 Å². The Morgan fingerprint density at radius 3 is 1.93 bits per heavy atom. The molecule has 1 saturated carbocycles. The van der Waals surface area contributed by atoms with Crippen LogP contribution in [0.5, 0.6) is 0 Å². The smallest absolute Gasteiger partial charge is 0.193 e. The van der Waals surface area contributed by atoms with Gasteiger partial charge >= 0.3 is 0 Å². The lowest BCUT2D eigenvalue weighted by Crippen LogP contribution is -1.96. The first-order chi connectivity index (χ1) is 6.99. The van der Waals surface area contributed by atoms with Gasteiger partial charge in [-0.05, 0) is 30.6 Å². The number of fused-ring (bicyclic) bond motifs is 5. The second-order valence-corrected chi connectivity index (χ2v) is 6.18. The molecule has 0 amide bonds. The molecule has 2 aliphatic carbocycles. The van der Waals surface area contributed by atoms with E-state index in [4.69, 9.17) is 0 Å². The van der Waals surface area contributed by atoms with Crippen LogP contribution in [0.15, 0.2) is 45.3 Å². The fraction of sp³-hybridized carbons (Fsp3) is 0.333. The van der Waals surface area contributed by atoms with Gasteiger partial charge in [0.05, 0.1) is 0 Å². The summed E-state index contributed by atoms with van der Waals surface area (Å²) in [6.45, 7) is 4.19. The van der Waals surface area contributed by atoms with Crippen molar-refractivity contribution in [2.24, 2.45) is 11.8 Å². The van der Waals surface area contributed by atoms with Crippen molar-refractivity contribution in [1.82, 2.24) is 0 Å². The molecule has 0 radical (unpaired) electrons. The molecular formula is C12H12O2S. The molecule has 0 N–H and O–H groups in total. The molecule has 3 rings (SSSR count). The Morgan fingerprint density at radius 2 is 1.53 bits per heavy atom. The average molecular weight is 220 g/mol. The minimum Gasteiger partial charge on any atom is -0.220 e. The quantitative estimate of drug-likeness (QED) is 0.587. The standard InChI is InChI=1S/C12H12O2S/c1-7(2)12-8-3-4-9(12)11-6-15(13,14)5-10(8)11/h3-6,8-9H,1-2H3. The predicted octanol–water partition coefficient (Wildman–Crippen LogP) is 2.33. The molecule has 1 fully saturated rings. The Kier molecular flexibility index (Phi) is 1.54. The second kappa shape index (κ2) is 2.53. The highest BCUT2D eigenvalue weighted by molar-refractivity contribution is 7.97. The monoisotopic (exact) mass is 220 g/mol. The molecule has 1 heterocycles. The molecule has 0 spiro atoms. The van der Waals surface area contributed by atoms with Gasteiger partial charge in [-0.1, -0.05) is 17.7 Å². The van der Waals surface area contributed by atoms with Crippen molar-refractivity contribution in [3.63, 3.8) is 0 Å². The Balaban J connectivity index is 2.26. The number of hydrogen-bond donors (Lipinski definition) is 0. The van der Waals surface area contributed by atoms with Gasteiger partial charge in [-0.15, -0.1) is 0 Å². The fourth-order valence-electron chi connectivity index (χ4n) is 2.82. The van der Waals surface area contributed by atoms with Gasteiger partial charge in [0, 0.05) is 22.7 Å².